The van der Waals surface area contributed by atoms with Gasteiger partial charge in [0.2, 0.25) is 0 Å². The molecule has 2 N–H and O–H groups in total. The van der Waals surface area contributed by atoms with Crippen LogP contribution in [0.15, 0.2) is 17.5 Å². The molecule has 0 aliphatic heterocycles. The zero-order valence-electron chi connectivity index (χ0n) is 11.6. The lowest BCUT2D eigenvalue weighted by atomic mass is 9.50. The van der Waals surface area contributed by atoms with Gasteiger partial charge in [0.1, 0.15) is 0 Å². The van der Waals surface area contributed by atoms with Crippen molar-refractivity contribution >= 4 is 11.3 Å². The van der Waals surface area contributed by atoms with Crippen LogP contribution in [0.1, 0.15) is 43.4 Å². The van der Waals surface area contributed by atoms with Gasteiger partial charge in [-0.25, -0.2) is 0 Å². The van der Waals surface area contributed by atoms with Gasteiger partial charge in [-0.15, -0.1) is 11.3 Å². The minimum Gasteiger partial charge on any atom is -0.327 e. The summed E-state index contributed by atoms with van der Waals surface area (Å²) >= 11 is 1.88. The van der Waals surface area contributed by atoms with E-state index in [-0.39, 0.29) is 0 Å². The van der Waals surface area contributed by atoms with Crippen LogP contribution in [0.25, 0.3) is 0 Å². The number of thiophene rings is 1. The second-order valence-electron chi connectivity index (χ2n) is 7.29. The molecule has 104 valence electrons. The van der Waals surface area contributed by atoms with Gasteiger partial charge in [-0.2, -0.15) is 0 Å². The molecule has 0 radical (unpaired) electrons. The topological polar surface area (TPSA) is 26.0 Å². The third-order valence-corrected chi connectivity index (χ3v) is 7.03. The molecule has 4 fully saturated rings. The SMILES string of the molecule is NC(CCc1cccs1)C1C2CC3CC(C2)CC1C3. The van der Waals surface area contributed by atoms with Gasteiger partial charge < -0.3 is 5.73 Å². The Labute approximate surface area is 120 Å². The van der Waals surface area contributed by atoms with Crippen LogP contribution in [-0.2, 0) is 6.42 Å². The first-order chi connectivity index (χ1) is 9.29. The predicted octanol–water partition coefficient (Wildman–Crippen LogP) is 4.08. The lowest BCUT2D eigenvalue weighted by Gasteiger charge is -2.56. The molecule has 4 saturated carbocycles. The highest BCUT2D eigenvalue weighted by molar-refractivity contribution is 7.09. The van der Waals surface area contributed by atoms with E-state index in [1.54, 1.807) is 6.42 Å². The van der Waals surface area contributed by atoms with Crippen molar-refractivity contribution in [2.24, 2.45) is 35.3 Å². The van der Waals surface area contributed by atoms with Crippen molar-refractivity contribution < 1.29 is 0 Å². The average Bonchev–Trinajstić information content (AvgIpc) is 2.88. The fourth-order valence-electron chi connectivity index (χ4n) is 5.62. The van der Waals surface area contributed by atoms with E-state index in [9.17, 15) is 0 Å². The standard InChI is InChI=1S/C17H25NS/c18-16(4-3-15-2-1-5-19-15)17-13-7-11-6-12(9-13)10-14(17)8-11/h1-2,5,11-14,16-17H,3-4,6-10,18H2. The summed E-state index contributed by atoms with van der Waals surface area (Å²) in [6.45, 7) is 0. The van der Waals surface area contributed by atoms with E-state index in [0.717, 1.165) is 29.6 Å². The van der Waals surface area contributed by atoms with Gasteiger partial charge >= 0.3 is 0 Å². The van der Waals surface area contributed by atoms with Crippen LogP contribution < -0.4 is 5.73 Å². The Morgan fingerprint density at radius 3 is 2.37 bits per heavy atom. The van der Waals surface area contributed by atoms with E-state index in [4.69, 9.17) is 5.73 Å². The van der Waals surface area contributed by atoms with E-state index in [2.05, 4.69) is 17.5 Å². The fraction of sp³-hybridized carbons (Fsp3) is 0.765. The summed E-state index contributed by atoms with van der Waals surface area (Å²) < 4.78 is 0. The summed E-state index contributed by atoms with van der Waals surface area (Å²) in [7, 11) is 0. The molecule has 1 nitrogen and oxygen atoms in total. The Bertz CT molecular complexity index is 396. The Morgan fingerprint density at radius 1 is 1.11 bits per heavy atom. The normalized spacial score (nSPS) is 41.6. The molecule has 4 aliphatic carbocycles. The molecule has 1 heterocycles. The molecule has 1 aromatic heterocycles. The molecule has 1 aromatic rings. The van der Waals surface area contributed by atoms with Crippen molar-refractivity contribution in [3.8, 4) is 0 Å². The minimum absolute atomic E-state index is 0.456. The fourth-order valence-corrected chi connectivity index (χ4v) is 6.35. The molecule has 1 unspecified atom stereocenters. The van der Waals surface area contributed by atoms with Gasteiger partial charge in [-0.1, -0.05) is 6.07 Å². The van der Waals surface area contributed by atoms with E-state index < -0.39 is 0 Å². The van der Waals surface area contributed by atoms with E-state index in [1.807, 2.05) is 11.3 Å². The van der Waals surface area contributed by atoms with E-state index >= 15 is 0 Å². The summed E-state index contributed by atoms with van der Waals surface area (Å²) in [6, 6.07) is 4.87. The van der Waals surface area contributed by atoms with Crippen molar-refractivity contribution in [1.82, 2.24) is 0 Å². The van der Waals surface area contributed by atoms with Crippen molar-refractivity contribution in [2.45, 2.75) is 51.0 Å². The maximum atomic E-state index is 6.62. The van der Waals surface area contributed by atoms with Crippen molar-refractivity contribution in [2.75, 3.05) is 0 Å². The number of rotatable bonds is 4. The highest BCUT2D eigenvalue weighted by atomic mass is 32.1. The number of aryl methyl sites for hydroxylation is 1. The van der Waals surface area contributed by atoms with Crippen LogP contribution in [0.2, 0.25) is 0 Å². The zero-order chi connectivity index (χ0) is 12.8. The molecule has 1 atom stereocenters. The number of hydrogen-bond donors (Lipinski definition) is 1. The molecule has 5 rings (SSSR count). The molecule has 4 aliphatic rings. The molecule has 0 aromatic carbocycles. The van der Waals surface area contributed by atoms with Gasteiger partial charge in [0.15, 0.2) is 0 Å². The first-order valence-electron chi connectivity index (χ1n) is 8.07. The van der Waals surface area contributed by atoms with Crippen molar-refractivity contribution in [1.29, 1.82) is 0 Å². The van der Waals surface area contributed by atoms with Crippen molar-refractivity contribution in [3.63, 3.8) is 0 Å². The van der Waals surface area contributed by atoms with Crippen LogP contribution in [0.4, 0.5) is 0 Å². The predicted molar refractivity (Wildman–Crippen MR) is 81.2 cm³/mol. The molecular formula is C17H25NS. The Hall–Kier alpha value is -0.340. The summed E-state index contributed by atoms with van der Waals surface area (Å²) in [4.78, 5) is 1.51. The highest BCUT2D eigenvalue weighted by Crippen LogP contribution is 2.57. The van der Waals surface area contributed by atoms with Gasteiger partial charge in [-0.05, 0) is 86.0 Å². The monoisotopic (exact) mass is 275 g/mol. The molecule has 19 heavy (non-hydrogen) atoms. The van der Waals surface area contributed by atoms with Crippen LogP contribution in [0.3, 0.4) is 0 Å². The van der Waals surface area contributed by atoms with Gasteiger partial charge in [0, 0.05) is 10.9 Å². The average molecular weight is 275 g/mol. The Morgan fingerprint density at radius 2 is 1.79 bits per heavy atom. The summed E-state index contributed by atoms with van der Waals surface area (Å²) in [5.74, 6) is 4.96. The second kappa shape index (κ2) is 4.89. The minimum atomic E-state index is 0.456. The van der Waals surface area contributed by atoms with Gasteiger partial charge in [0.25, 0.3) is 0 Å². The third kappa shape index (κ3) is 2.27. The Balaban J connectivity index is 1.41. The summed E-state index contributed by atoms with van der Waals surface area (Å²) in [5, 5.41) is 2.18. The molecular weight excluding hydrogens is 250 g/mol. The molecule has 4 bridgehead atoms. The van der Waals surface area contributed by atoms with E-state index in [1.165, 1.54) is 43.4 Å². The largest absolute Gasteiger partial charge is 0.327 e. The maximum absolute atomic E-state index is 6.62. The first-order valence-corrected chi connectivity index (χ1v) is 8.95. The smallest absolute Gasteiger partial charge is 0.00759 e. The third-order valence-electron chi connectivity index (χ3n) is 6.10. The van der Waals surface area contributed by atoms with Crippen LogP contribution >= 0.6 is 11.3 Å². The molecule has 2 heteroatoms. The first kappa shape index (κ1) is 12.4. The quantitative estimate of drug-likeness (QED) is 0.880. The second-order valence-corrected chi connectivity index (χ2v) is 8.32. The van der Waals surface area contributed by atoms with Crippen molar-refractivity contribution in [3.05, 3.63) is 22.4 Å². The number of nitrogens with two attached hydrogens (primary N) is 1. The molecule has 0 amide bonds. The molecule has 0 spiro atoms. The maximum Gasteiger partial charge on any atom is 0.00759 e. The Kier molecular flexibility index (Phi) is 3.19. The highest BCUT2D eigenvalue weighted by Gasteiger charge is 2.49. The van der Waals surface area contributed by atoms with E-state index in [0.29, 0.717) is 6.04 Å². The van der Waals surface area contributed by atoms with Crippen LogP contribution in [0.5, 0.6) is 0 Å². The molecule has 0 saturated heterocycles. The van der Waals surface area contributed by atoms with Crippen LogP contribution in [-0.4, -0.2) is 6.04 Å². The zero-order valence-corrected chi connectivity index (χ0v) is 12.4. The lowest BCUT2D eigenvalue weighted by Crippen LogP contribution is -2.51. The summed E-state index contributed by atoms with van der Waals surface area (Å²) in [5.41, 5.74) is 6.62. The van der Waals surface area contributed by atoms with Gasteiger partial charge in [-0.3, -0.25) is 0 Å². The van der Waals surface area contributed by atoms with Crippen LogP contribution in [0, 0.1) is 29.6 Å². The van der Waals surface area contributed by atoms with Gasteiger partial charge in [0.05, 0.1) is 0 Å². The lowest BCUT2D eigenvalue weighted by molar-refractivity contribution is -0.0474. The summed E-state index contributed by atoms with van der Waals surface area (Å²) in [6.07, 6.45) is 9.96. The number of hydrogen-bond acceptors (Lipinski definition) is 2.